The number of hydrogen-bond acceptors (Lipinski definition) is 9. The third-order valence-corrected chi connectivity index (χ3v) is 10.7. The number of halogens is 2. The highest BCUT2D eigenvalue weighted by molar-refractivity contribution is 7.96. The monoisotopic (exact) mass is 589 g/mol. The number of carbonyl (C=O) groups excluding carboxylic acids is 2. The molecule has 0 fully saturated rings. The first-order valence-corrected chi connectivity index (χ1v) is 14.3. The fourth-order valence-corrected chi connectivity index (χ4v) is 8.16. The molecule has 4 heterocycles. The molecule has 2 aromatic rings. The van der Waals surface area contributed by atoms with Crippen LogP contribution < -0.4 is 10.6 Å². The second-order valence-electron chi connectivity index (χ2n) is 11.1. The van der Waals surface area contributed by atoms with Crippen LogP contribution in [0.25, 0.3) is 0 Å². The Hall–Kier alpha value is -3.63. The minimum atomic E-state index is -3.10. The average Bonchev–Trinajstić information content (AvgIpc) is 3.27. The molecule has 40 heavy (non-hydrogen) atoms. The number of nitrogens with one attached hydrogen (secondary N) is 2. The van der Waals surface area contributed by atoms with E-state index < -0.39 is 48.7 Å². The molecule has 0 saturated carbocycles. The summed E-state index contributed by atoms with van der Waals surface area (Å²) in [5, 5.41) is 13.4. The third-order valence-electron chi connectivity index (χ3n) is 6.70. The summed E-state index contributed by atoms with van der Waals surface area (Å²) in [4.78, 5) is 38.6. The predicted octanol–water partition coefficient (Wildman–Crippen LogP) is 4.56. The van der Waals surface area contributed by atoms with Crippen LogP contribution in [0.5, 0.6) is 0 Å². The Balaban J connectivity index is 1.77. The Morgan fingerprint density at radius 1 is 1.25 bits per heavy atom. The minimum Gasteiger partial charge on any atom is -0.444 e. The van der Waals surface area contributed by atoms with E-state index in [0.29, 0.717) is 6.42 Å². The first kappa shape index (κ1) is 29.4. The van der Waals surface area contributed by atoms with Gasteiger partial charge in [-0.3, -0.25) is 15.1 Å². The Morgan fingerprint density at radius 2 is 1.95 bits per heavy atom. The number of amidine groups is 1. The van der Waals surface area contributed by atoms with Gasteiger partial charge in [0.05, 0.1) is 25.6 Å². The summed E-state index contributed by atoms with van der Waals surface area (Å²) in [5.41, 5.74) is -2.49. The molecule has 2 N–H and O–H groups in total. The van der Waals surface area contributed by atoms with Gasteiger partial charge in [0, 0.05) is 12.7 Å². The zero-order valence-corrected chi connectivity index (χ0v) is 24.4. The SMILES string of the molecule is CC(C)(C)OC(=O)NC1=N[C@](C)(c2nc(NC(=O)c3ncc(C#N)cc3Cl)ccc2F)C2CCN=[S@]2(=O)C1(C)C. The molecule has 2 aliphatic heterocycles. The van der Waals surface area contributed by atoms with Gasteiger partial charge in [-0.25, -0.2) is 27.7 Å². The number of nitriles is 1. The maximum Gasteiger partial charge on any atom is 0.413 e. The van der Waals surface area contributed by atoms with Gasteiger partial charge in [0.2, 0.25) is 0 Å². The largest absolute Gasteiger partial charge is 0.444 e. The number of fused-ring (bicyclic) bond motifs is 1. The molecule has 4 rings (SSSR count). The molecule has 0 aromatic carbocycles. The van der Waals surface area contributed by atoms with Gasteiger partial charge >= 0.3 is 6.09 Å². The van der Waals surface area contributed by atoms with Crippen LogP contribution in [0.2, 0.25) is 5.02 Å². The number of carbonyl (C=O) groups is 2. The number of pyridine rings is 2. The molecule has 1 unspecified atom stereocenters. The third kappa shape index (κ3) is 5.13. The van der Waals surface area contributed by atoms with Gasteiger partial charge in [0.1, 0.15) is 50.8 Å². The normalized spacial score (nSPS) is 25.1. The number of hydrogen-bond donors (Lipinski definition) is 2. The van der Waals surface area contributed by atoms with Gasteiger partial charge in [-0.1, -0.05) is 11.6 Å². The number of nitrogens with zero attached hydrogens (tertiary/aromatic N) is 5. The molecule has 0 aliphatic carbocycles. The van der Waals surface area contributed by atoms with E-state index in [1.165, 1.54) is 18.3 Å². The van der Waals surface area contributed by atoms with E-state index in [0.717, 1.165) is 6.07 Å². The highest BCUT2D eigenvalue weighted by Crippen LogP contribution is 2.47. The van der Waals surface area contributed by atoms with Crippen LogP contribution in [0.3, 0.4) is 0 Å². The van der Waals surface area contributed by atoms with Gasteiger partial charge in [-0.05, 0) is 66.2 Å². The molecule has 0 radical (unpaired) electrons. The lowest BCUT2D eigenvalue weighted by Gasteiger charge is -2.44. The van der Waals surface area contributed by atoms with Crippen LogP contribution in [0, 0.1) is 17.1 Å². The first-order valence-electron chi connectivity index (χ1n) is 12.4. The molecule has 212 valence electrons. The summed E-state index contributed by atoms with van der Waals surface area (Å²) in [6, 6.07) is 5.54. The van der Waals surface area contributed by atoms with Crippen LogP contribution in [0.4, 0.5) is 15.0 Å². The molecule has 2 amide bonds. The molecule has 14 heteroatoms. The molecular formula is C26H29ClFN7O4S. The van der Waals surface area contributed by atoms with Gasteiger partial charge in [0.15, 0.2) is 0 Å². The van der Waals surface area contributed by atoms with Crippen molar-refractivity contribution in [3.63, 3.8) is 0 Å². The van der Waals surface area contributed by atoms with E-state index in [-0.39, 0.29) is 40.2 Å². The van der Waals surface area contributed by atoms with Crippen molar-refractivity contribution < 1.29 is 22.9 Å². The maximum absolute atomic E-state index is 15.4. The van der Waals surface area contributed by atoms with Crippen molar-refractivity contribution in [3.8, 4) is 6.07 Å². The summed E-state index contributed by atoms with van der Waals surface area (Å²) in [5.74, 6) is -1.48. The Labute approximate surface area is 236 Å². The summed E-state index contributed by atoms with van der Waals surface area (Å²) >= 11 is 6.11. The first-order chi connectivity index (χ1) is 18.5. The van der Waals surface area contributed by atoms with Crippen molar-refractivity contribution in [1.82, 2.24) is 15.3 Å². The van der Waals surface area contributed by atoms with Crippen molar-refractivity contribution in [2.24, 2.45) is 9.36 Å². The lowest BCUT2D eigenvalue weighted by molar-refractivity contribution is 0.0560. The maximum atomic E-state index is 15.4. The van der Waals surface area contributed by atoms with Gasteiger partial charge in [0.25, 0.3) is 5.91 Å². The van der Waals surface area contributed by atoms with Crippen molar-refractivity contribution in [2.75, 3.05) is 11.9 Å². The molecule has 2 aliphatic rings. The summed E-state index contributed by atoms with van der Waals surface area (Å²) < 4.78 is 38.5. The smallest absolute Gasteiger partial charge is 0.413 e. The number of amides is 2. The molecule has 11 nitrogen and oxygen atoms in total. The number of aliphatic imine (C=N–C) groups is 1. The second-order valence-corrected chi connectivity index (χ2v) is 14.5. The standard InChI is InChI=1S/C26H29ClFN7O4S/c1-24(2,3)39-23(37)34-22-25(4,5)40(38)17(9-10-31-40)26(6,35-22)20-16(28)7-8-18(32-20)33-21(36)19-15(27)11-14(12-29)13-30-19/h7-8,11,13,17H,9-10H2,1-6H3,(H,32,33,36)(H,34,35,37)/t17?,26-,40+/m0/s1. The number of rotatable bonds is 3. The van der Waals surface area contributed by atoms with Crippen LogP contribution in [-0.2, 0) is 20.0 Å². The molecule has 0 bridgehead atoms. The molecule has 2 aromatic heterocycles. The Morgan fingerprint density at radius 3 is 2.58 bits per heavy atom. The van der Waals surface area contributed by atoms with Crippen LogP contribution >= 0.6 is 11.6 Å². The van der Waals surface area contributed by atoms with Gasteiger partial charge in [-0.2, -0.15) is 5.26 Å². The molecule has 3 atom stereocenters. The number of ether oxygens (including phenoxy) is 1. The van der Waals surface area contributed by atoms with Crippen molar-refractivity contribution in [2.45, 2.75) is 69.1 Å². The van der Waals surface area contributed by atoms with E-state index in [2.05, 4.69) is 25.0 Å². The number of alkyl carbamates (subject to hydrolysis) is 1. The highest BCUT2D eigenvalue weighted by Gasteiger charge is 2.58. The molecular weight excluding hydrogens is 561 g/mol. The van der Waals surface area contributed by atoms with E-state index in [1.54, 1.807) is 41.5 Å². The Bertz CT molecular complexity index is 1600. The number of aromatic nitrogens is 2. The fourth-order valence-electron chi connectivity index (χ4n) is 4.73. The van der Waals surface area contributed by atoms with Crippen LogP contribution in [0.1, 0.15) is 69.7 Å². The van der Waals surface area contributed by atoms with E-state index in [9.17, 15) is 13.8 Å². The minimum absolute atomic E-state index is 0.0281. The van der Waals surface area contributed by atoms with E-state index in [1.807, 2.05) is 6.07 Å². The van der Waals surface area contributed by atoms with E-state index >= 15 is 4.39 Å². The molecule has 0 spiro atoms. The predicted molar refractivity (Wildman–Crippen MR) is 148 cm³/mol. The Kier molecular flexibility index (Phi) is 7.40. The second kappa shape index (κ2) is 10.1. The van der Waals surface area contributed by atoms with Crippen molar-refractivity contribution in [3.05, 3.63) is 52.2 Å². The zero-order valence-electron chi connectivity index (χ0n) is 22.8. The average molecular weight is 590 g/mol. The summed E-state index contributed by atoms with van der Waals surface area (Å²) in [6.07, 6.45) is 0.746. The molecule has 0 saturated heterocycles. The van der Waals surface area contributed by atoms with Gasteiger partial charge < -0.3 is 10.1 Å². The van der Waals surface area contributed by atoms with Crippen molar-refractivity contribution >= 4 is 45.0 Å². The van der Waals surface area contributed by atoms with Gasteiger partial charge in [-0.15, -0.1) is 0 Å². The quantitative estimate of drug-likeness (QED) is 0.530. The zero-order chi connectivity index (χ0) is 29.7. The summed E-state index contributed by atoms with van der Waals surface area (Å²) in [7, 11) is -3.10. The summed E-state index contributed by atoms with van der Waals surface area (Å²) in [6.45, 7) is 10.3. The lowest BCUT2D eigenvalue weighted by atomic mass is 9.89. The van der Waals surface area contributed by atoms with E-state index in [4.69, 9.17) is 26.6 Å². The van der Waals surface area contributed by atoms with Crippen molar-refractivity contribution in [1.29, 1.82) is 5.26 Å². The number of anilines is 1. The fraction of sp³-hybridized carbons (Fsp3) is 0.462. The van der Waals surface area contributed by atoms with Crippen LogP contribution in [-0.4, -0.2) is 54.2 Å². The highest BCUT2D eigenvalue weighted by atomic mass is 35.5. The van der Waals surface area contributed by atoms with Crippen LogP contribution in [0.15, 0.2) is 33.8 Å². The lowest BCUT2D eigenvalue weighted by Crippen LogP contribution is -2.61. The topological polar surface area (TPSA) is 159 Å².